The molecule has 48 heavy (non-hydrogen) atoms. The Balaban J connectivity index is 1.11. The highest BCUT2D eigenvalue weighted by Gasteiger charge is 2.14. The minimum absolute atomic E-state index is 0.832. The molecule has 0 saturated carbocycles. The highest BCUT2D eigenvalue weighted by Crippen LogP contribution is 2.37. The molecule has 4 heterocycles. The van der Waals surface area contributed by atoms with Gasteiger partial charge in [0.25, 0.3) is 0 Å². The molecular formula is C44H28N4. The minimum atomic E-state index is 0.832. The van der Waals surface area contributed by atoms with Crippen molar-refractivity contribution in [3.63, 3.8) is 0 Å². The van der Waals surface area contributed by atoms with Gasteiger partial charge in [0.15, 0.2) is 0 Å². The second-order valence-electron chi connectivity index (χ2n) is 11.9. The van der Waals surface area contributed by atoms with Gasteiger partial charge >= 0.3 is 0 Å². The lowest BCUT2D eigenvalue weighted by atomic mass is 9.92. The molecule has 0 aliphatic rings. The van der Waals surface area contributed by atoms with Crippen molar-refractivity contribution in [2.45, 2.75) is 0 Å². The Hall–Kier alpha value is -6.52. The zero-order chi connectivity index (χ0) is 31.9. The molecule has 0 spiro atoms. The van der Waals surface area contributed by atoms with E-state index >= 15 is 0 Å². The number of pyridine rings is 4. The van der Waals surface area contributed by atoms with Gasteiger partial charge in [0, 0.05) is 46.1 Å². The molecule has 0 unspecified atom stereocenters. The van der Waals surface area contributed by atoms with Gasteiger partial charge in [-0.2, -0.15) is 0 Å². The number of benzene rings is 5. The van der Waals surface area contributed by atoms with Crippen molar-refractivity contribution in [1.29, 1.82) is 0 Å². The van der Waals surface area contributed by atoms with Crippen LogP contribution in [0.3, 0.4) is 0 Å². The number of rotatable bonds is 5. The normalized spacial score (nSPS) is 11.3. The van der Waals surface area contributed by atoms with E-state index in [-0.39, 0.29) is 0 Å². The molecule has 4 nitrogen and oxygen atoms in total. The molecule has 0 aliphatic heterocycles. The number of aromatic nitrogens is 4. The average Bonchev–Trinajstić information content (AvgIpc) is 3.18. The van der Waals surface area contributed by atoms with Crippen molar-refractivity contribution < 1.29 is 0 Å². The number of hydrogen-bond donors (Lipinski definition) is 0. The molecular weight excluding hydrogens is 585 g/mol. The summed E-state index contributed by atoms with van der Waals surface area (Å²) in [4.78, 5) is 19.5. The van der Waals surface area contributed by atoms with Gasteiger partial charge in [-0.1, -0.05) is 121 Å². The first-order valence-electron chi connectivity index (χ1n) is 16.0. The summed E-state index contributed by atoms with van der Waals surface area (Å²) in [6, 6.07) is 52.7. The van der Waals surface area contributed by atoms with E-state index in [9.17, 15) is 0 Å². The second kappa shape index (κ2) is 11.7. The third-order valence-corrected chi connectivity index (χ3v) is 9.00. The van der Waals surface area contributed by atoms with Crippen LogP contribution < -0.4 is 0 Å². The third kappa shape index (κ3) is 4.97. The van der Waals surface area contributed by atoms with Gasteiger partial charge in [0.05, 0.1) is 28.1 Å². The van der Waals surface area contributed by atoms with E-state index in [1.54, 1.807) is 0 Å². The summed E-state index contributed by atoms with van der Waals surface area (Å²) in [5.41, 5.74) is 12.2. The molecule has 4 aromatic heterocycles. The van der Waals surface area contributed by atoms with E-state index in [2.05, 4.69) is 126 Å². The van der Waals surface area contributed by atoms with E-state index < -0.39 is 0 Å². The third-order valence-electron chi connectivity index (χ3n) is 9.00. The van der Waals surface area contributed by atoms with Crippen LogP contribution in [0.1, 0.15) is 0 Å². The zero-order valence-corrected chi connectivity index (χ0v) is 26.0. The predicted octanol–water partition coefficient (Wildman–Crippen LogP) is 11.1. The zero-order valence-electron chi connectivity index (χ0n) is 26.0. The maximum Gasteiger partial charge on any atom is 0.0964 e. The Morgan fingerprint density at radius 3 is 1.73 bits per heavy atom. The first kappa shape index (κ1) is 27.8. The standard InChI is InChI=1S/C44H28N4/c1-3-10-29(11-4-1)34-25-41(30-12-5-2-6-13-30)48-42(26-34)40-22-19-33(27-46-40)36-20-21-37(39-16-8-7-15-38(36)39)35-24-32-18-17-31-14-9-23-45-43(31)44(32)47-28-35/h1-28H. The summed E-state index contributed by atoms with van der Waals surface area (Å²) in [5.74, 6) is 0. The Labute approximate surface area is 278 Å². The Kier molecular flexibility index (Phi) is 6.76. The highest BCUT2D eigenvalue weighted by molar-refractivity contribution is 6.07. The van der Waals surface area contributed by atoms with Crippen LogP contribution in [0, 0.1) is 0 Å². The largest absolute Gasteiger partial charge is 0.254 e. The first-order chi connectivity index (χ1) is 23.8. The van der Waals surface area contributed by atoms with Crippen LogP contribution >= 0.6 is 0 Å². The van der Waals surface area contributed by atoms with Crippen LogP contribution in [0.4, 0.5) is 0 Å². The molecule has 4 heteroatoms. The molecule has 9 aromatic rings. The topological polar surface area (TPSA) is 51.6 Å². The fourth-order valence-corrected chi connectivity index (χ4v) is 6.61. The minimum Gasteiger partial charge on any atom is -0.254 e. The van der Waals surface area contributed by atoms with Gasteiger partial charge in [-0.15, -0.1) is 0 Å². The lowest BCUT2D eigenvalue weighted by Crippen LogP contribution is -1.93. The summed E-state index contributed by atoms with van der Waals surface area (Å²) < 4.78 is 0. The maximum absolute atomic E-state index is 5.06. The monoisotopic (exact) mass is 612 g/mol. The predicted molar refractivity (Wildman–Crippen MR) is 197 cm³/mol. The van der Waals surface area contributed by atoms with Gasteiger partial charge in [-0.25, -0.2) is 4.98 Å². The fourth-order valence-electron chi connectivity index (χ4n) is 6.61. The molecule has 0 aliphatic carbocycles. The summed E-state index contributed by atoms with van der Waals surface area (Å²) in [6.07, 6.45) is 5.76. The van der Waals surface area contributed by atoms with Crippen molar-refractivity contribution in [2.24, 2.45) is 0 Å². The lowest BCUT2D eigenvalue weighted by molar-refractivity contribution is 1.25. The van der Waals surface area contributed by atoms with Crippen LogP contribution in [0.2, 0.25) is 0 Å². The maximum atomic E-state index is 5.06. The Morgan fingerprint density at radius 1 is 0.333 bits per heavy atom. The molecule has 9 rings (SSSR count). The molecule has 0 fully saturated rings. The summed E-state index contributed by atoms with van der Waals surface area (Å²) >= 11 is 0. The molecule has 0 N–H and O–H groups in total. The van der Waals surface area contributed by atoms with Crippen LogP contribution in [0.25, 0.3) is 88.6 Å². The van der Waals surface area contributed by atoms with Gasteiger partial charge < -0.3 is 0 Å². The number of nitrogens with zero attached hydrogens (tertiary/aromatic N) is 4. The van der Waals surface area contributed by atoms with E-state index in [1.165, 1.54) is 10.8 Å². The number of fused-ring (bicyclic) bond motifs is 4. The molecule has 0 radical (unpaired) electrons. The van der Waals surface area contributed by atoms with Crippen LogP contribution in [-0.4, -0.2) is 19.9 Å². The van der Waals surface area contributed by atoms with Crippen molar-refractivity contribution in [3.05, 3.63) is 170 Å². The van der Waals surface area contributed by atoms with E-state index in [0.717, 1.165) is 77.8 Å². The highest BCUT2D eigenvalue weighted by atomic mass is 14.8. The SMILES string of the molecule is c1ccc(-c2cc(-c3ccccc3)nc(-c3ccc(-c4ccc(-c5cnc6c(ccc7cccnc76)c5)c5ccccc45)cn3)c2)cc1. The van der Waals surface area contributed by atoms with Crippen molar-refractivity contribution in [2.75, 3.05) is 0 Å². The molecule has 0 amide bonds. The van der Waals surface area contributed by atoms with E-state index in [0.29, 0.717) is 0 Å². The van der Waals surface area contributed by atoms with Gasteiger partial charge in [0.2, 0.25) is 0 Å². The van der Waals surface area contributed by atoms with Gasteiger partial charge in [0.1, 0.15) is 0 Å². The summed E-state index contributed by atoms with van der Waals surface area (Å²) in [7, 11) is 0. The number of hydrogen-bond acceptors (Lipinski definition) is 4. The van der Waals surface area contributed by atoms with Crippen molar-refractivity contribution >= 4 is 32.6 Å². The fraction of sp³-hybridized carbons (Fsp3) is 0. The lowest BCUT2D eigenvalue weighted by Gasteiger charge is -2.13. The van der Waals surface area contributed by atoms with E-state index in [4.69, 9.17) is 15.0 Å². The molecule has 0 saturated heterocycles. The summed E-state index contributed by atoms with van der Waals surface area (Å²) in [6.45, 7) is 0. The molecule has 224 valence electrons. The quantitative estimate of drug-likeness (QED) is 0.181. The van der Waals surface area contributed by atoms with E-state index in [1.807, 2.05) is 48.9 Å². The van der Waals surface area contributed by atoms with Crippen LogP contribution in [0.15, 0.2) is 170 Å². The van der Waals surface area contributed by atoms with Crippen molar-refractivity contribution in [3.8, 4) is 56.0 Å². The van der Waals surface area contributed by atoms with Crippen LogP contribution in [0.5, 0.6) is 0 Å². The van der Waals surface area contributed by atoms with Crippen LogP contribution in [-0.2, 0) is 0 Å². The molecule has 0 atom stereocenters. The first-order valence-corrected chi connectivity index (χ1v) is 16.0. The Bertz CT molecular complexity index is 2540. The summed E-state index contributed by atoms with van der Waals surface area (Å²) in [5, 5.41) is 4.51. The average molecular weight is 613 g/mol. The molecule has 0 bridgehead atoms. The molecule has 5 aromatic carbocycles. The second-order valence-corrected chi connectivity index (χ2v) is 11.9. The smallest absolute Gasteiger partial charge is 0.0964 e. The Morgan fingerprint density at radius 2 is 0.979 bits per heavy atom. The van der Waals surface area contributed by atoms with Gasteiger partial charge in [-0.3, -0.25) is 15.0 Å². The van der Waals surface area contributed by atoms with Gasteiger partial charge in [-0.05, 0) is 63.4 Å². The van der Waals surface area contributed by atoms with Crippen molar-refractivity contribution in [1.82, 2.24) is 19.9 Å².